The highest BCUT2D eigenvalue weighted by molar-refractivity contribution is 4.85. The van der Waals surface area contributed by atoms with Crippen molar-refractivity contribution in [2.75, 3.05) is 26.2 Å². The van der Waals surface area contributed by atoms with Crippen LogP contribution < -0.4 is 5.32 Å². The summed E-state index contributed by atoms with van der Waals surface area (Å²) in [5, 5.41) is 13.0. The zero-order valence-corrected chi connectivity index (χ0v) is 12.5. The molecule has 0 aromatic rings. The molecule has 3 heteroatoms. The summed E-state index contributed by atoms with van der Waals surface area (Å²) in [6.45, 7) is 10.2. The second-order valence-corrected chi connectivity index (χ2v) is 5.96. The number of nitrogens with zero attached hydrogens (tertiary/aromatic N) is 1. The zero-order chi connectivity index (χ0) is 13.4. The van der Waals surface area contributed by atoms with Crippen molar-refractivity contribution in [3.63, 3.8) is 0 Å². The SMILES string of the molecule is CCCNC(C)(CO)CCCCN(CC)C1CC1. The van der Waals surface area contributed by atoms with Gasteiger partial charge in [0.1, 0.15) is 0 Å². The molecule has 0 bridgehead atoms. The molecule has 1 fully saturated rings. The van der Waals surface area contributed by atoms with Crippen molar-refractivity contribution in [3.8, 4) is 0 Å². The predicted octanol–water partition coefficient (Wildman–Crippen LogP) is 2.39. The van der Waals surface area contributed by atoms with Crippen LogP contribution in [0.5, 0.6) is 0 Å². The molecule has 1 atom stereocenters. The Balaban J connectivity index is 2.13. The van der Waals surface area contributed by atoms with E-state index in [1.54, 1.807) is 0 Å². The Morgan fingerprint density at radius 1 is 1.28 bits per heavy atom. The van der Waals surface area contributed by atoms with Crippen LogP contribution in [0.4, 0.5) is 0 Å². The summed E-state index contributed by atoms with van der Waals surface area (Å²) >= 11 is 0. The molecule has 1 unspecified atom stereocenters. The third kappa shape index (κ3) is 5.68. The molecule has 0 aromatic heterocycles. The van der Waals surface area contributed by atoms with Gasteiger partial charge in [0, 0.05) is 11.6 Å². The van der Waals surface area contributed by atoms with Gasteiger partial charge in [0.2, 0.25) is 0 Å². The van der Waals surface area contributed by atoms with Gasteiger partial charge in [0.05, 0.1) is 6.61 Å². The van der Waals surface area contributed by atoms with Crippen molar-refractivity contribution < 1.29 is 5.11 Å². The smallest absolute Gasteiger partial charge is 0.0610 e. The van der Waals surface area contributed by atoms with Crippen LogP contribution in [-0.4, -0.2) is 47.8 Å². The molecular formula is C15H32N2O. The van der Waals surface area contributed by atoms with Gasteiger partial charge in [0.15, 0.2) is 0 Å². The molecule has 2 N–H and O–H groups in total. The van der Waals surface area contributed by atoms with E-state index in [2.05, 4.69) is 31.0 Å². The first-order valence-electron chi connectivity index (χ1n) is 7.75. The molecule has 0 amide bonds. The summed E-state index contributed by atoms with van der Waals surface area (Å²) in [5.74, 6) is 0. The van der Waals surface area contributed by atoms with E-state index in [0.29, 0.717) is 0 Å². The first-order valence-corrected chi connectivity index (χ1v) is 7.75. The quantitative estimate of drug-likeness (QED) is 0.557. The van der Waals surface area contributed by atoms with Crippen LogP contribution in [0.3, 0.4) is 0 Å². The summed E-state index contributed by atoms with van der Waals surface area (Å²) in [7, 11) is 0. The first kappa shape index (κ1) is 15.9. The first-order chi connectivity index (χ1) is 8.65. The highest BCUT2D eigenvalue weighted by atomic mass is 16.3. The molecule has 0 radical (unpaired) electrons. The van der Waals surface area contributed by atoms with E-state index in [0.717, 1.165) is 25.4 Å². The molecule has 108 valence electrons. The summed E-state index contributed by atoms with van der Waals surface area (Å²) in [5.41, 5.74) is -0.0768. The maximum Gasteiger partial charge on any atom is 0.0610 e. The number of aliphatic hydroxyl groups excluding tert-OH is 1. The van der Waals surface area contributed by atoms with E-state index in [-0.39, 0.29) is 12.1 Å². The highest BCUT2D eigenvalue weighted by Crippen LogP contribution is 2.26. The third-order valence-electron chi connectivity index (χ3n) is 4.04. The molecule has 1 saturated carbocycles. The molecule has 0 heterocycles. The van der Waals surface area contributed by atoms with Gasteiger partial charge in [0.25, 0.3) is 0 Å². The molecule has 18 heavy (non-hydrogen) atoms. The van der Waals surface area contributed by atoms with Crippen molar-refractivity contribution in [1.82, 2.24) is 10.2 Å². The highest BCUT2D eigenvalue weighted by Gasteiger charge is 2.27. The average molecular weight is 256 g/mol. The predicted molar refractivity (Wildman–Crippen MR) is 77.9 cm³/mol. The van der Waals surface area contributed by atoms with Gasteiger partial charge in [-0.2, -0.15) is 0 Å². The summed E-state index contributed by atoms with van der Waals surface area (Å²) in [6.07, 6.45) is 7.47. The lowest BCUT2D eigenvalue weighted by molar-refractivity contribution is 0.160. The average Bonchev–Trinajstić information content (AvgIpc) is 3.21. The zero-order valence-electron chi connectivity index (χ0n) is 12.5. The Bertz CT molecular complexity index is 219. The molecule has 1 aliphatic rings. The Kier molecular flexibility index (Phi) is 7.20. The van der Waals surface area contributed by atoms with Crippen LogP contribution in [0, 0.1) is 0 Å². The number of hydrogen-bond donors (Lipinski definition) is 2. The molecule has 3 nitrogen and oxygen atoms in total. The van der Waals surface area contributed by atoms with E-state index in [9.17, 15) is 5.11 Å². The van der Waals surface area contributed by atoms with Crippen LogP contribution >= 0.6 is 0 Å². The van der Waals surface area contributed by atoms with Crippen LogP contribution in [-0.2, 0) is 0 Å². The lowest BCUT2D eigenvalue weighted by Gasteiger charge is -2.29. The second kappa shape index (κ2) is 8.13. The van der Waals surface area contributed by atoms with Crippen LogP contribution in [0.25, 0.3) is 0 Å². The Hall–Kier alpha value is -0.120. The van der Waals surface area contributed by atoms with Gasteiger partial charge in [-0.05, 0) is 58.7 Å². The van der Waals surface area contributed by atoms with Crippen LogP contribution in [0.2, 0.25) is 0 Å². The minimum atomic E-state index is -0.0768. The second-order valence-electron chi connectivity index (χ2n) is 5.96. The van der Waals surface area contributed by atoms with E-state index >= 15 is 0 Å². The fourth-order valence-corrected chi connectivity index (χ4v) is 2.52. The monoisotopic (exact) mass is 256 g/mol. The molecular weight excluding hydrogens is 224 g/mol. The van der Waals surface area contributed by atoms with Crippen LogP contribution in [0.15, 0.2) is 0 Å². The molecule has 0 saturated heterocycles. The number of rotatable bonds is 11. The number of nitrogens with one attached hydrogen (secondary N) is 1. The molecule has 0 aliphatic heterocycles. The number of unbranched alkanes of at least 4 members (excludes halogenated alkanes) is 1. The lowest BCUT2D eigenvalue weighted by Crippen LogP contribution is -2.46. The van der Waals surface area contributed by atoms with Gasteiger partial charge in [-0.1, -0.05) is 20.3 Å². The van der Waals surface area contributed by atoms with Crippen molar-refractivity contribution in [2.45, 2.75) is 70.9 Å². The largest absolute Gasteiger partial charge is 0.394 e. The van der Waals surface area contributed by atoms with E-state index < -0.39 is 0 Å². The number of hydrogen-bond acceptors (Lipinski definition) is 3. The topological polar surface area (TPSA) is 35.5 Å². The van der Waals surface area contributed by atoms with Gasteiger partial charge in [-0.15, -0.1) is 0 Å². The summed E-state index contributed by atoms with van der Waals surface area (Å²) < 4.78 is 0. The lowest BCUT2D eigenvalue weighted by atomic mass is 9.95. The fourth-order valence-electron chi connectivity index (χ4n) is 2.52. The van der Waals surface area contributed by atoms with Crippen molar-refractivity contribution >= 4 is 0 Å². The van der Waals surface area contributed by atoms with Crippen molar-refractivity contribution in [2.24, 2.45) is 0 Å². The fraction of sp³-hybridized carbons (Fsp3) is 1.00. The molecule has 1 rings (SSSR count). The minimum absolute atomic E-state index is 0.0768. The standard InChI is InChI=1S/C15H32N2O/c1-4-11-16-15(3,13-18)10-6-7-12-17(5-2)14-8-9-14/h14,16,18H,4-13H2,1-3H3. The molecule has 0 spiro atoms. The number of aliphatic hydroxyl groups is 1. The van der Waals surface area contributed by atoms with Gasteiger partial charge in [-0.25, -0.2) is 0 Å². The maximum absolute atomic E-state index is 9.49. The Morgan fingerprint density at radius 2 is 2.00 bits per heavy atom. The Morgan fingerprint density at radius 3 is 2.50 bits per heavy atom. The van der Waals surface area contributed by atoms with Gasteiger partial charge >= 0.3 is 0 Å². The summed E-state index contributed by atoms with van der Waals surface area (Å²) in [6, 6.07) is 0.887. The van der Waals surface area contributed by atoms with Crippen molar-refractivity contribution in [1.29, 1.82) is 0 Å². The molecule has 1 aliphatic carbocycles. The normalized spacial score (nSPS) is 19.2. The van der Waals surface area contributed by atoms with Gasteiger partial charge in [-0.3, -0.25) is 0 Å². The minimum Gasteiger partial charge on any atom is -0.394 e. The summed E-state index contributed by atoms with van der Waals surface area (Å²) in [4.78, 5) is 2.61. The van der Waals surface area contributed by atoms with E-state index in [1.165, 1.54) is 38.8 Å². The van der Waals surface area contributed by atoms with Crippen molar-refractivity contribution in [3.05, 3.63) is 0 Å². The maximum atomic E-state index is 9.49. The van der Waals surface area contributed by atoms with Crippen LogP contribution in [0.1, 0.15) is 59.3 Å². The van der Waals surface area contributed by atoms with E-state index in [1.807, 2.05) is 0 Å². The Labute approximate surface area is 113 Å². The third-order valence-corrected chi connectivity index (χ3v) is 4.04. The van der Waals surface area contributed by atoms with E-state index in [4.69, 9.17) is 0 Å². The molecule has 0 aromatic carbocycles. The van der Waals surface area contributed by atoms with Gasteiger partial charge < -0.3 is 15.3 Å².